The van der Waals surface area contributed by atoms with Gasteiger partial charge in [-0.05, 0) is 51.2 Å². The van der Waals surface area contributed by atoms with Gasteiger partial charge in [-0.25, -0.2) is 9.78 Å². The van der Waals surface area contributed by atoms with Crippen molar-refractivity contribution in [2.75, 3.05) is 11.4 Å². The molecule has 2 rings (SSSR count). The van der Waals surface area contributed by atoms with Crippen LogP contribution in [0, 0.1) is 0 Å². The quantitative estimate of drug-likeness (QED) is 0.838. The topological polar surface area (TPSA) is 53.4 Å². The lowest BCUT2D eigenvalue weighted by Gasteiger charge is -2.29. The Morgan fingerprint density at radius 3 is 2.80 bits per heavy atom. The van der Waals surface area contributed by atoms with E-state index < -0.39 is 5.97 Å². The molecule has 1 aliphatic rings. The van der Waals surface area contributed by atoms with Crippen molar-refractivity contribution in [3.05, 3.63) is 35.5 Å². The lowest BCUT2D eigenvalue weighted by atomic mass is 9.94. The fourth-order valence-electron chi connectivity index (χ4n) is 2.68. The molecule has 4 nitrogen and oxygen atoms in total. The Labute approximate surface area is 120 Å². The molecule has 20 heavy (non-hydrogen) atoms. The van der Waals surface area contributed by atoms with Gasteiger partial charge in [-0.15, -0.1) is 6.58 Å². The summed E-state index contributed by atoms with van der Waals surface area (Å²) < 4.78 is 0. The number of fused-ring (bicyclic) bond motifs is 1. The predicted octanol–water partition coefficient (Wildman–Crippen LogP) is 3.06. The van der Waals surface area contributed by atoms with Gasteiger partial charge in [-0.1, -0.05) is 6.08 Å². The standard InChI is InChI=1S/C16H22N2O2/c1-4-9-18(11(2)3)15-13(16(19)20)10-12-7-5-6-8-14(12)17-15/h4,10-11H,1,5-9H2,2-3H3,(H,19,20). The fourth-order valence-corrected chi connectivity index (χ4v) is 2.68. The first kappa shape index (κ1) is 14.6. The average molecular weight is 274 g/mol. The lowest BCUT2D eigenvalue weighted by molar-refractivity contribution is 0.0697. The van der Waals surface area contributed by atoms with Gasteiger partial charge in [-0.2, -0.15) is 0 Å². The Morgan fingerprint density at radius 2 is 2.20 bits per heavy atom. The van der Waals surface area contributed by atoms with Gasteiger partial charge in [0.05, 0.1) is 0 Å². The molecule has 0 atom stereocenters. The minimum atomic E-state index is -0.907. The molecule has 4 heteroatoms. The normalized spacial score (nSPS) is 13.9. The van der Waals surface area contributed by atoms with Gasteiger partial charge in [-0.3, -0.25) is 0 Å². The largest absolute Gasteiger partial charge is 0.478 e. The van der Waals surface area contributed by atoms with E-state index in [0.717, 1.165) is 36.9 Å². The van der Waals surface area contributed by atoms with E-state index in [0.29, 0.717) is 17.9 Å². The van der Waals surface area contributed by atoms with Gasteiger partial charge in [0.2, 0.25) is 0 Å². The van der Waals surface area contributed by atoms with Gasteiger partial charge in [0.1, 0.15) is 11.4 Å². The number of aromatic carboxylic acids is 1. The van der Waals surface area contributed by atoms with Crippen molar-refractivity contribution in [2.24, 2.45) is 0 Å². The van der Waals surface area contributed by atoms with Crippen molar-refractivity contribution in [2.45, 2.75) is 45.6 Å². The molecule has 1 aromatic rings. The molecule has 0 spiro atoms. The van der Waals surface area contributed by atoms with Crippen molar-refractivity contribution in [3.63, 3.8) is 0 Å². The molecular weight excluding hydrogens is 252 g/mol. The molecule has 1 aliphatic carbocycles. The van der Waals surface area contributed by atoms with Gasteiger partial charge >= 0.3 is 5.97 Å². The van der Waals surface area contributed by atoms with E-state index in [9.17, 15) is 9.90 Å². The number of carboxylic acids is 1. The lowest BCUT2D eigenvalue weighted by Crippen LogP contribution is -2.33. The smallest absolute Gasteiger partial charge is 0.339 e. The van der Waals surface area contributed by atoms with Gasteiger partial charge in [0, 0.05) is 18.3 Å². The second-order valence-corrected chi connectivity index (χ2v) is 5.51. The average Bonchev–Trinajstić information content (AvgIpc) is 2.43. The number of carboxylic acid groups (broad SMARTS) is 1. The van der Waals surface area contributed by atoms with E-state index in [1.807, 2.05) is 24.8 Å². The number of hydrogen-bond acceptors (Lipinski definition) is 3. The number of aryl methyl sites for hydroxylation is 2. The van der Waals surface area contributed by atoms with E-state index in [-0.39, 0.29) is 6.04 Å². The van der Waals surface area contributed by atoms with E-state index in [2.05, 4.69) is 11.6 Å². The Balaban J connectivity index is 2.53. The highest BCUT2D eigenvalue weighted by molar-refractivity contribution is 5.93. The van der Waals surface area contributed by atoms with Crippen LogP contribution in [-0.4, -0.2) is 28.6 Å². The molecule has 1 N–H and O–H groups in total. The maximum atomic E-state index is 11.5. The molecule has 0 aliphatic heterocycles. The second-order valence-electron chi connectivity index (χ2n) is 5.51. The van der Waals surface area contributed by atoms with E-state index in [1.165, 1.54) is 0 Å². The summed E-state index contributed by atoms with van der Waals surface area (Å²) in [7, 11) is 0. The van der Waals surface area contributed by atoms with Crippen LogP contribution in [0.3, 0.4) is 0 Å². The summed E-state index contributed by atoms with van der Waals surface area (Å²) in [5.41, 5.74) is 2.46. The molecule has 1 heterocycles. The zero-order chi connectivity index (χ0) is 14.7. The van der Waals surface area contributed by atoms with E-state index >= 15 is 0 Å². The Morgan fingerprint density at radius 1 is 1.50 bits per heavy atom. The first-order valence-corrected chi connectivity index (χ1v) is 7.18. The summed E-state index contributed by atoms with van der Waals surface area (Å²) in [6.45, 7) is 8.43. The van der Waals surface area contributed by atoms with Gasteiger partial charge in [0.25, 0.3) is 0 Å². The highest BCUT2D eigenvalue weighted by Gasteiger charge is 2.23. The van der Waals surface area contributed by atoms with Crippen LogP contribution >= 0.6 is 0 Å². The summed E-state index contributed by atoms with van der Waals surface area (Å²) in [5, 5.41) is 9.47. The van der Waals surface area contributed by atoms with Crippen molar-refractivity contribution in [1.29, 1.82) is 0 Å². The number of carbonyl (C=O) groups is 1. The van der Waals surface area contributed by atoms with Gasteiger partial charge < -0.3 is 10.0 Å². The third-order valence-corrected chi connectivity index (χ3v) is 3.73. The van der Waals surface area contributed by atoms with Crippen LogP contribution in [0.2, 0.25) is 0 Å². The highest BCUT2D eigenvalue weighted by Crippen LogP contribution is 2.28. The number of anilines is 1. The molecule has 0 aromatic carbocycles. The number of nitrogens with zero attached hydrogens (tertiary/aromatic N) is 2. The SMILES string of the molecule is C=CCN(c1nc2c(cc1C(=O)O)CCCC2)C(C)C. The van der Waals surface area contributed by atoms with E-state index in [4.69, 9.17) is 0 Å². The maximum Gasteiger partial charge on any atom is 0.339 e. The van der Waals surface area contributed by atoms with Crippen molar-refractivity contribution < 1.29 is 9.90 Å². The molecular formula is C16H22N2O2. The number of aromatic nitrogens is 1. The van der Waals surface area contributed by atoms with Crippen molar-refractivity contribution in [1.82, 2.24) is 4.98 Å². The van der Waals surface area contributed by atoms with Gasteiger partial charge in [0.15, 0.2) is 0 Å². The molecule has 108 valence electrons. The first-order valence-electron chi connectivity index (χ1n) is 7.18. The molecule has 0 radical (unpaired) electrons. The first-order chi connectivity index (χ1) is 9.54. The molecule has 0 saturated heterocycles. The zero-order valence-electron chi connectivity index (χ0n) is 12.2. The van der Waals surface area contributed by atoms with Crippen LogP contribution in [0.1, 0.15) is 48.3 Å². The second kappa shape index (κ2) is 6.07. The van der Waals surface area contributed by atoms with Crippen LogP contribution in [0.5, 0.6) is 0 Å². The summed E-state index contributed by atoms with van der Waals surface area (Å²) in [4.78, 5) is 18.2. The van der Waals surface area contributed by atoms with Crippen LogP contribution in [0.4, 0.5) is 5.82 Å². The van der Waals surface area contributed by atoms with Crippen LogP contribution in [-0.2, 0) is 12.8 Å². The van der Waals surface area contributed by atoms with Crippen LogP contribution in [0.25, 0.3) is 0 Å². The Hall–Kier alpha value is -1.84. The monoisotopic (exact) mass is 274 g/mol. The molecule has 0 unspecified atom stereocenters. The van der Waals surface area contributed by atoms with Crippen LogP contribution < -0.4 is 4.90 Å². The number of hydrogen-bond donors (Lipinski definition) is 1. The summed E-state index contributed by atoms with van der Waals surface area (Å²) in [6.07, 6.45) is 5.92. The molecule has 0 fully saturated rings. The number of rotatable bonds is 5. The minimum Gasteiger partial charge on any atom is -0.478 e. The molecule has 1 aromatic heterocycles. The fraction of sp³-hybridized carbons (Fsp3) is 0.500. The summed E-state index contributed by atoms with van der Waals surface area (Å²) in [6, 6.07) is 2.00. The highest BCUT2D eigenvalue weighted by atomic mass is 16.4. The van der Waals surface area contributed by atoms with Crippen molar-refractivity contribution >= 4 is 11.8 Å². The predicted molar refractivity (Wildman–Crippen MR) is 80.5 cm³/mol. The third-order valence-electron chi connectivity index (χ3n) is 3.73. The zero-order valence-corrected chi connectivity index (χ0v) is 12.2. The molecule has 0 amide bonds. The van der Waals surface area contributed by atoms with Crippen molar-refractivity contribution in [3.8, 4) is 0 Å². The number of pyridine rings is 1. The summed E-state index contributed by atoms with van der Waals surface area (Å²) in [5.74, 6) is -0.330. The summed E-state index contributed by atoms with van der Waals surface area (Å²) >= 11 is 0. The van der Waals surface area contributed by atoms with Crippen LogP contribution in [0.15, 0.2) is 18.7 Å². The molecule has 0 saturated carbocycles. The third kappa shape index (κ3) is 2.84. The van der Waals surface area contributed by atoms with E-state index in [1.54, 1.807) is 6.08 Å². The minimum absolute atomic E-state index is 0.181. The Bertz CT molecular complexity index is 523. The Kier molecular flexibility index (Phi) is 4.42. The maximum absolute atomic E-state index is 11.5. The molecule has 0 bridgehead atoms.